The molecule has 3 aromatic rings. The van der Waals surface area contributed by atoms with Gasteiger partial charge in [0, 0.05) is 39.3 Å². The van der Waals surface area contributed by atoms with E-state index in [2.05, 4.69) is 31.8 Å². The number of halogens is 1. The van der Waals surface area contributed by atoms with Crippen molar-refractivity contribution in [2.24, 2.45) is 7.05 Å². The summed E-state index contributed by atoms with van der Waals surface area (Å²) < 4.78 is 15.2. The van der Waals surface area contributed by atoms with Crippen LogP contribution in [0.3, 0.4) is 0 Å². The monoisotopic (exact) mass is 340 g/mol. The molecule has 0 spiro atoms. The Bertz CT molecular complexity index is 884. The molecule has 130 valence electrons. The van der Waals surface area contributed by atoms with Crippen molar-refractivity contribution < 1.29 is 4.39 Å². The van der Waals surface area contributed by atoms with Gasteiger partial charge in [-0.25, -0.2) is 14.4 Å². The van der Waals surface area contributed by atoms with Crippen LogP contribution < -0.4 is 4.90 Å². The second-order valence-corrected chi connectivity index (χ2v) is 6.46. The Hall–Kier alpha value is -2.54. The highest BCUT2D eigenvalue weighted by atomic mass is 19.1. The summed E-state index contributed by atoms with van der Waals surface area (Å²) in [6, 6.07) is 7.08. The van der Waals surface area contributed by atoms with E-state index in [1.54, 1.807) is 23.1 Å². The fourth-order valence-corrected chi connectivity index (χ4v) is 3.50. The molecular weight excluding hydrogens is 319 g/mol. The molecule has 0 amide bonds. The first-order valence-electron chi connectivity index (χ1n) is 8.50. The summed E-state index contributed by atoms with van der Waals surface area (Å²) in [5.41, 5.74) is 1.87. The normalized spacial score (nSPS) is 17.2. The number of rotatable bonds is 3. The minimum Gasteiger partial charge on any atom is -0.353 e. The molecule has 0 unspecified atom stereocenters. The molecule has 6 nitrogen and oxygen atoms in total. The zero-order chi connectivity index (χ0) is 17.4. The molecule has 1 fully saturated rings. The average Bonchev–Trinajstić information content (AvgIpc) is 3.03. The van der Waals surface area contributed by atoms with Crippen LogP contribution in [0, 0.1) is 5.82 Å². The van der Waals surface area contributed by atoms with Crippen LogP contribution in [0.5, 0.6) is 0 Å². The fourth-order valence-electron chi connectivity index (χ4n) is 3.50. The van der Waals surface area contributed by atoms with Crippen molar-refractivity contribution in [1.29, 1.82) is 0 Å². The topological polar surface area (TPSA) is 50.1 Å². The van der Waals surface area contributed by atoms with Crippen LogP contribution in [0.1, 0.15) is 18.5 Å². The van der Waals surface area contributed by atoms with Gasteiger partial charge in [0.15, 0.2) is 5.65 Å². The summed E-state index contributed by atoms with van der Waals surface area (Å²) in [6.45, 7) is 5.70. The SMILES string of the molecule is C[C@@H](c1cccc(F)c1)N1CCN(c2ncnc3c2cnn3C)CC1. The number of piperazine rings is 1. The second-order valence-electron chi connectivity index (χ2n) is 6.46. The minimum absolute atomic E-state index is 0.178. The van der Waals surface area contributed by atoms with Gasteiger partial charge in [0.2, 0.25) is 0 Å². The zero-order valence-corrected chi connectivity index (χ0v) is 14.4. The molecule has 1 aromatic carbocycles. The van der Waals surface area contributed by atoms with Gasteiger partial charge in [0.1, 0.15) is 18.0 Å². The molecular formula is C18H21FN6. The fraction of sp³-hybridized carbons (Fsp3) is 0.389. The van der Waals surface area contributed by atoms with Gasteiger partial charge in [-0.15, -0.1) is 0 Å². The van der Waals surface area contributed by atoms with Crippen LogP contribution in [0.2, 0.25) is 0 Å². The lowest BCUT2D eigenvalue weighted by Gasteiger charge is -2.38. The quantitative estimate of drug-likeness (QED) is 0.733. The van der Waals surface area contributed by atoms with Crippen LogP contribution in [-0.4, -0.2) is 50.8 Å². The number of hydrogen-bond donors (Lipinski definition) is 0. The van der Waals surface area contributed by atoms with E-state index in [4.69, 9.17) is 0 Å². The predicted octanol–water partition coefficient (Wildman–Crippen LogP) is 2.39. The van der Waals surface area contributed by atoms with Gasteiger partial charge in [-0.1, -0.05) is 12.1 Å². The number of aryl methyl sites for hydroxylation is 1. The Morgan fingerprint density at radius 2 is 1.92 bits per heavy atom. The lowest BCUT2D eigenvalue weighted by molar-refractivity contribution is 0.198. The molecule has 2 aromatic heterocycles. The standard InChI is InChI=1S/C18H21FN6/c1-13(14-4-3-5-15(19)10-14)24-6-8-25(9-7-24)18-16-11-22-23(2)17(16)20-12-21-18/h3-5,10-13H,6-9H2,1-2H3/t13-/m0/s1. The third kappa shape index (κ3) is 2.95. The maximum atomic E-state index is 13.5. The van der Waals surface area contributed by atoms with E-state index < -0.39 is 0 Å². The summed E-state index contributed by atoms with van der Waals surface area (Å²) in [7, 11) is 1.89. The van der Waals surface area contributed by atoms with E-state index in [0.717, 1.165) is 48.6 Å². The van der Waals surface area contributed by atoms with E-state index in [1.165, 1.54) is 6.07 Å². The molecule has 3 heterocycles. The molecule has 0 N–H and O–H groups in total. The van der Waals surface area contributed by atoms with Gasteiger partial charge in [-0.3, -0.25) is 9.58 Å². The molecule has 25 heavy (non-hydrogen) atoms. The maximum absolute atomic E-state index is 13.5. The first-order chi connectivity index (χ1) is 12.1. The summed E-state index contributed by atoms with van der Waals surface area (Å²) in [4.78, 5) is 13.4. The molecule has 1 aliphatic rings. The third-order valence-electron chi connectivity index (χ3n) is 5.00. The first kappa shape index (κ1) is 16.0. The van der Waals surface area contributed by atoms with Crippen LogP contribution >= 0.6 is 0 Å². The lowest BCUT2D eigenvalue weighted by atomic mass is 10.1. The van der Waals surface area contributed by atoms with E-state index in [9.17, 15) is 4.39 Å². The summed E-state index contributed by atoms with van der Waals surface area (Å²) >= 11 is 0. The molecule has 1 aliphatic heterocycles. The first-order valence-corrected chi connectivity index (χ1v) is 8.50. The average molecular weight is 340 g/mol. The largest absolute Gasteiger partial charge is 0.353 e. The number of hydrogen-bond acceptors (Lipinski definition) is 5. The van der Waals surface area contributed by atoms with E-state index in [-0.39, 0.29) is 11.9 Å². The number of nitrogens with zero attached hydrogens (tertiary/aromatic N) is 6. The van der Waals surface area contributed by atoms with Crippen LogP contribution in [-0.2, 0) is 7.05 Å². The van der Waals surface area contributed by atoms with Gasteiger partial charge >= 0.3 is 0 Å². The van der Waals surface area contributed by atoms with Crippen LogP contribution in [0.4, 0.5) is 10.2 Å². The summed E-state index contributed by atoms with van der Waals surface area (Å²) in [5, 5.41) is 5.27. The van der Waals surface area contributed by atoms with Gasteiger partial charge in [0.05, 0.1) is 11.6 Å². The molecule has 0 radical (unpaired) electrons. The zero-order valence-electron chi connectivity index (χ0n) is 14.4. The molecule has 0 saturated carbocycles. The van der Waals surface area contributed by atoms with Crippen LogP contribution in [0.15, 0.2) is 36.8 Å². The number of anilines is 1. The van der Waals surface area contributed by atoms with Gasteiger partial charge < -0.3 is 4.90 Å². The molecule has 7 heteroatoms. The van der Waals surface area contributed by atoms with Crippen molar-refractivity contribution in [3.05, 3.63) is 48.2 Å². The lowest BCUT2D eigenvalue weighted by Crippen LogP contribution is -2.47. The molecule has 1 saturated heterocycles. The third-order valence-corrected chi connectivity index (χ3v) is 5.00. The highest BCUT2D eigenvalue weighted by Crippen LogP contribution is 2.26. The number of aromatic nitrogens is 4. The van der Waals surface area contributed by atoms with Crippen molar-refractivity contribution in [2.45, 2.75) is 13.0 Å². The van der Waals surface area contributed by atoms with Crippen LogP contribution in [0.25, 0.3) is 11.0 Å². The van der Waals surface area contributed by atoms with Crippen molar-refractivity contribution in [3.8, 4) is 0 Å². The van der Waals surface area contributed by atoms with Crippen molar-refractivity contribution >= 4 is 16.9 Å². The minimum atomic E-state index is -0.178. The number of benzene rings is 1. The Kier molecular flexibility index (Phi) is 4.09. The van der Waals surface area contributed by atoms with Gasteiger partial charge in [-0.2, -0.15) is 5.10 Å². The predicted molar refractivity (Wildman–Crippen MR) is 94.9 cm³/mol. The van der Waals surface area contributed by atoms with Crippen molar-refractivity contribution in [2.75, 3.05) is 31.1 Å². The van der Waals surface area contributed by atoms with Gasteiger partial charge in [0.25, 0.3) is 0 Å². The molecule has 1 atom stereocenters. The van der Waals surface area contributed by atoms with Crippen molar-refractivity contribution in [1.82, 2.24) is 24.6 Å². The maximum Gasteiger partial charge on any atom is 0.163 e. The smallest absolute Gasteiger partial charge is 0.163 e. The Balaban J connectivity index is 1.49. The molecule has 4 rings (SSSR count). The van der Waals surface area contributed by atoms with Gasteiger partial charge in [-0.05, 0) is 24.6 Å². The van der Waals surface area contributed by atoms with Crippen molar-refractivity contribution in [3.63, 3.8) is 0 Å². The molecule has 0 bridgehead atoms. The Labute approximate surface area is 145 Å². The van der Waals surface area contributed by atoms with E-state index >= 15 is 0 Å². The summed E-state index contributed by atoms with van der Waals surface area (Å²) in [5.74, 6) is 0.763. The Morgan fingerprint density at radius 3 is 2.68 bits per heavy atom. The van der Waals surface area contributed by atoms with E-state index in [1.807, 2.05) is 19.3 Å². The van der Waals surface area contributed by atoms with E-state index in [0.29, 0.717) is 0 Å². The summed E-state index contributed by atoms with van der Waals surface area (Å²) in [6.07, 6.45) is 3.42. The molecule has 0 aliphatic carbocycles. The Morgan fingerprint density at radius 1 is 1.12 bits per heavy atom. The highest BCUT2D eigenvalue weighted by molar-refractivity contribution is 5.86. The second kappa shape index (κ2) is 6.40. The highest BCUT2D eigenvalue weighted by Gasteiger charge is 2.24. The number of fused-ring (bicyclic) bond motifs is 1.